The number of carbonyl (C=O) groups is 2. The van der Waals surface area contributed by atoms with Gasteiger partial charge in [-0.25, -0.2) is 4.98 Å². The first-order valence-electron chi connectivity index (χ1n) is 9.49. The Bertz CT molecular complexity index is 1200. The predicted octanol–water partition coefficient (Wildman–Crippen LogP) is 4.01. The second kappa shape index (κ2) is 7.48. The lowest BCUT2D eigenvalue weighted by molar-refractivity contribution is -0.116. The van der Waals surface area contributed by atoms with Crippen LogP contribution in [0.5, 0.6) is 0 Å². The number of amides is 1. The van der Waals surface area contributed by atoms with Crippen LogP contribution in [0.1, 0.15) is 48.7 Å². The van der Waals surface area contributed by atoms with Crippen molar-refractivity contribution in [3.05, 3.63) is 63.9 Å². The molecule has 2 aromatic carbocycles. The molecular formula is C22H21N3O3S. The van der Waals surface area contributed by atoms with Crippen molar-refractivity contribution in [2.45, 2.75) is 37.9 Å². The van der Waals surface area contributed by atoms with Crippen LogP contribution in [0.25, 0.3) is 10.9 Å². The minimum absolute atomic E-state index is 0.0553. The molecule has 29 heavy (non-hydrogen) atoms. The number of para-hydroxylation sites is 1. The van der Waals surface area contributed by atoms with Crippen LogP contribution in [-0.2, 0) is 4.79 Å². The third-order valence-corrected chi connectivity index (χ3v) is 6.07. The monoisotopic (exact) mass is 407 g/mol. The van der Waals surface area contributed by atoms with Gasteiger partial charge in [0.05, 0.1) is 22.6 Å². The van der Waals surface area contributed by atoms with Crippen molar-refractivity contribution < 1.29 is 9.59 Å². The van der Waals surface area contributed by atoms with Gasteiger partial charge >= 0.3 is 0 Å². The molecule has 0 bridgehead atoms. The topological polar surface area (TPSA) is 81.1 Å². The van der Waals surface area contributed by atoms with Crippen LogP contribution in [0.2, 0.25) is 0 Å². The van der Waals surface area contributed by atoms with Crippen LogP contribution in [0.4, 0.5) is 5.69 Å². The zero-order valence-corrected chi connectivity index (χ0v) is 17.2. The molecule has 3 aromatic rings. The molecule has 4 rings (SSSR count). The van der Waals surface area contributed by atoms with E-state index in [1.807, 2.05) is 32.9 Å². The normalized spacial score (nSPS) is 15.6. The third-order valence-electron chi connectivity index (χ3n) is 5.12. The Hall–Kier alpha value is -2.93. The molecule has 7 heteroatoms. The summed E-state index contributed by atoms with van der Waals surface area (Å²) in [6.45, 7) is 5.68. The Kier molecular flexibility index (Phi) is 5.00. The van der Waals surface area contributed by atoms with Crippen LogP contribution < -0.4 is 10.9 Å². The number of aromatic nitrogens is 2. The lowest BCUT2D eigenvalue weighted by Crippen LogP contribution is -2.25. The highest BCUT2D eigenvalue weighted by Gasteiger charge is 2.27. The molecule has 1 aliphatic rings. The van der Waals surface area contributed by atoms with Gasteiger partial charge in [-0.15, -0.1) is 0 Å². The lowest BCUT2D eigenvalue weighted by Gasteiger charge is -2.16. The molecule has 1 atom stereocenters. The first kappa shape index (κ1) is 19.4. The van der Waals surface area contributed by atoms with Gasteiger partial charge in [-0.05, 0) is 56.7 Å². The molecule has 0 unspecified atom stereocenters. The Balaban J connectivity index is 1.62. The van der Waals surface area contributed by atoms with Gasteiger partial charge in [0.25, 0.3) is 5.56 Å². The number of benzene rings is 2. The number of hydrogen-bond donors (Lipinski definition) is 1. The summed E-state index contributed by atoms with van der Waals surface area (Å²) in [4.78, 5) is 42.1. The smallest absolute Gasteiger partial charge is 0.262 e. The Labute approximate surface area is 172 Å². The number of ketones is 1. The van der Waals surface area contributed by atoms with E-state index < -0.39 is 0 Å². The Morgan fingerprint density at radius 2 is 1.97 bits per heavy atom. The molecule has 6 nitrogen and oxygen atoms in total. The number of fused-ring (bicyclic) bond motifs is 2. The van der Waals surface area contributed by atoms with E-state index in [9.17, 15) is 14.4 Å². The van der Waals surface area contributed by atoms with Crippen LogP contribution in [0, 0.1) is 0 Å². The van der Waals surface area contributed by atoms with Crippen molar-refractivity contribution in [1.29, 1.82) is 0 Å². The van der Waals surface area contributed by atoms with Crippen molar-refractivity contribution in [3.8, 4) is 0 Å². The van der Waals surface area contributed by atoms with Crippen molar-refractivity contribution in [3.63, 3.8) is 0 Å². The Morgan fingerprint density at radius 3 is 2.72 bits per heavy atom. The molecule has 0 saturated heterocycles. The summed E-state index contributed by atoms with van der Waals surface area (Å²) in [6, 6.07) is 12.4. The summed E-state index contributed by atoms with van der Waals surface area (Å²) < 4.78 is 1.63. The fourth-order valence-corrected chi connectivity index (χ4v) is 4.51. The van der Waals surface area contributed by atoms with Gasteiger partial charge < -0.3 is 5.32 Å². The SMILES string of the molecule is CC(C)n1c(SCC(=O)c2ccc3c(c2)[C@H](C)C(=O)N3)nc2ccccc2c1=O. The molecule has 0 fully saturated rings. The van der Waals surface area contributed by atoms with Crippen LogP contribution >= 0.6 is 11.8 Å². The molecule has 0 spiro atoms. The zero-order valence-electron chi connectivity index (χ0n) is 16.4. The number of rotatable bonds is 5. The maximum Gasteiger partial charge on any atom is 0.262 e. The first-order valence-corrected chi connectivity index (χ1v) is 10.5. The summed E-state index contributed by atoms with van der Waals surface area (Å²) in [7, 11) is 0. The summed E-state index contributed by atoms with van der Waals surface area (Å²) in [5.74, 6) is -0.229. The molecule has 2 heterocycles. The fraction of sp³-hybridized carbons (Fsp3) is 0.273. The average molecular weight is 407 g/mol. The minimum atomic E-state index is -0.265. The summed E-state index contributed by atoms with van der Waals surface area (Å²) in [5, 5.41) is 3.91. The predicted molar refractivity (Wildman–Crippen MR) is 115 cm³/mol. The largest absolute Gasteiger partial charge is 0.325 e. The third kappa shape index (κ3) is 3.46. The highest BCUT2D eigenvalue weighted by atomic mass is 32.2. The molecule has 1 amide bonds. The van der Waals surface area contributed by atoms with Gasteiger partial charge in [-0.2, -0.15) is 0 Å². The molecule has 148 valence electrons. The molecule has 0 saturated carbocycles. The highest BCUT2D eigenvalue weighted by Crippen LogP contribution is 2.33. The molecule has 1 aliphatic heterocycles. The number of nitrogens with zero attached hydrogens (tertiary/aromatic N) is 2. The second-order valence-corrected chi connectivity index (χ2v) is 8.35. The number of nitrogens with one attached hydrogen (secondary N) is 1. The fourth-order valence-electron chi connectivity index (χ4n) is 3.49. The van der Waals surface area contributed by atoms with Crippen molar-refractivity contribution in [1.82, 2.24) is 9.55 Å². The molecular weight excluding hydrogens is 386 g/mol. The van der Waals surface area contributed by atoms with Gasteiger partial charge in [0, 0.05) is 17.3 Å². The van der Waals surface area contributed by atoms with Crippen LogP contribution in [0.15, 0.2) is 52.4 Å². The maximum atomic E-state index is 12.9. The zero-order chi connectivity index (χ0) is 20.7. The first-order chi connectivity index (χ1) is 13.9. The number of carbonyl (C=O) groups excluding carboxylic acids is 2. The number of thioether (sulfide) groups is 1. The van der Waals surface area contributed by atoms with Gasteiger partial charge in [0.15, 0.2) is 10.9 Å². The minimum Gasteiger partial charge on any atom is -0.325 e. The molecule has 0 aliphatic carbocycles. The van der Waals surface area contributed by atoms with E-state index in [0.717, 1.165) is 11.3 Å². The van der Waals surface area contributed by atoms with Gasteiger partial charge in [0.2, 0.25) is 5.91 Å². The maximum absolute atomic E-state index is 12.9. The van der Waals surface area contributed by atoms with E-state index >= 15 is 0 Å². The van der Waals surface area contributed by atoms with Crippen LogP contribution in [0.3, 0.4) is 0 Å². The quantitative estimate of drug-likeness (QED) is 0.393. The lowest BCUT2D eigenvalue weighted by atomic mass is 9.99. The van der Waals surface area contributed by atoms with Gasteiger partial charge in [-0.1, -0.05) is 23.9 Å². The van der Waals surface area contributed by atoms with E-state index in [1.165, 1.54) is 11.8 Å². The van der Waals surface area contributed by atoms with E-state index in [0.29, 0.717) is 21.6 Å². The standard InChI is InChI=1S/C22H21N3O3S/c1-12(2)25-21(28)15-6-4-5-7-17(15)24-22(25)29-11-19(26)14-8-9-18-16(10-14)13(3)20(27)23-18/h4-10,12-13H,11H2,1-3H3,(H,23,27)/t13-/m0/s1. The average Bonchev–Trinajstić information content (AvgIpc) is 2.99. The van der Waals surface area contributed by atoms with Crippen molar-refractivity contribution >= 4 is 40.0 Å². The van der Waals surface area contributed by atoms with E-state index in [-0.39, 0.29) is 35.0 Å². The molecule has 1 N–H and O–H groups in total. The van der Waals surface area contributed by atoms with Crippen LogP contribution in [-0.4, -0.2) is 27.0 Å². The van der Waals surface area contributed by atoms with E-state index in [4.69, 9.17) is 0 Å². The van der Waals surface area contributed by atoms with Crippen molar-refractivity contribution in [2.24, 2.45) is 0 Å². The molecule has 0 radical (unpaired) electrons. The van der Waals surface area contributed by atoms with Crippen molar-refractivity contribution in [2.75, 3.05) is 11.1 Å². The summed E-state index contributed by atoms with van der Waals surface area (Å²) in [6.07, 6.45) is 0. The number of hydrogen-bond acceptors (Lipinski definition) is 5. The number of anilines is 1. The Morgan fingerprint density at radius 1 is 1.21 bits per heavy atom. The molecule has 1 aromatic heterocycles. The van der Waals surface area contributed by atoms with Gasteiger partial charge in [0.1, 0.15) is 0 Å². The highest BCUT2D eigenvalue weighted by molar-refractivity contribution is 7.99. The van der Waals surface area contributed by atoms with Gasteiger partial charge in [-0.3, -0.25) is 19.0 Å². The second-order valence-electron chi connectivity index (χ2n) is 7.41. The van der Waals surface area contributed by atoms with E-state index in [1.54, 1.807) is 34.9 Å². The summed E-state index contributed by atoms with van der Waals surface area (Å²) >= 11 is 1.26. The van der Waals surface area contributed by atoms with E-state index in [2.05, 4.69) is 10.3 Å². The summed E-state index contributed by atoms with van der Waals surface area (Å²) in [5.41, 5.74) is 2.68. The number of Topliss-reactive ketones (excluding diaryl/α,β-unsaturated/α-hetero) is 1.